The molecular formula is C29H23Cl3F5N5O4S. The number of benzene rings is 2. The highest BCUT2D eigenvalue weighted by Crippen LogP contribution is 2.42. The minimum absolute atomic E-state index is 0.0360. The van der Waals surface area contributed by atoms with E-state index < -0.39 is 52.6 Å². The van der Waals surface area contributed by atoms with Gasteiger partial charge in [-0.15, -0.1) is 0 Å². The number of nitrogens with one attached hydrogen (secondary N) is 1. The topological polar surface area (TPSA) is 121 Å². The van der Waals surface area contributed by atoms with Gasteiger partial charge < -0.3 is 19.9 Å². The second-order valence-electron chi connectivity index (χ2n) is 10.2. The molecule has 3 amide bonds. The van der Waals surface area contributed by atoms with Crippen molar-refractivity contribution >= 4 is 64.2 Å². The lowest BCUT2D eigenvalue weighted by Crippen LogP contribution is -2.52. The number of phenols is 1. The molecular weight excluding hydrogens is 716 g/mol. The number of aromatic amines is 1. The summed E-state index contributed by atoms with van der Waals surface area (Å²) < 4.78 is 67.0. The van der Waals surface area contributed by atoms with Gasteiger partial charge in [0.25, 0.3) is 11.5 Å². The quantitative estimate of drug-likeness (QED) is 0.198. The fourth-order valence-electron chi connectivity index (χ4n) is 4.97. The maximum absolute atomic E-state index is 14.0. The summed E-state index contributed by atoms with van der Waals surface area (Å²) in [5.41, 5.74) is -1.75. The number of pyridine rings is 1. The van der Waals surface area contributed by atoms with Crippen LogP contribution in [0.15, 0.2) is 51.0 Å². The van der Waals surface area contributed by atoms with E-state index in [1.165, 1.54) is 36.1 Å². The molecule has 2 aromatic carbocycles. The van der Waals surface area contributed by atoms with Gasteiger partial charge in [-0.05, 0) is 59.5 Å². The minimum Gasteiger partial charge on any atom is -0.506 e. The Morgan fingerprint density at radius 1 is 1.06 bits per heavy atom. The first-order valence-corrected chi connectivity index (χ1v) is 15.4. The molecule has 1 saturated heterocycles. The van der Waals surface area contributed by atoms with Crippen LogP contribution in [0.4, 0.5) is 32.4 Å². The first kappa shape index (κ1) is 36.1. The number of carbonyl (C=O) groups excluding carboxylic acids is 2. The van der Waals surface area contributed by atoms with Gasteiger partial charge in [-0.25, -0.2) is 4.79 Å². The summed E-state index contributed by atoms with van der Waals surface area (Å²) >= 11 is 18.4. The van der Waals surface area contributed by atoms with E-state index in [1.54, 1.807) is 12.1 Å². The highest BCUT2D eigenvalue weighted by atomic mass is 35.5. The number of phenolic OH excluding ortho intramolecular Hbond substituents is 1. The van der Waals surface area contributed by atoms with Crippen LogP contribution in [-0.2, 0) is 18.5 Å². The number of fused-ring (bicyclic) bond motifs is 1. The van der Waals surface area contributed by atoms with Crippen LogP contribution < -0.4 is 10.5 Å². The molecule has 0 bridgehead atoms. The Hall–Kier alpha value is -3.71. The largest absolute Gasteiger partial charge is 0.506 e. The number of alkyl halides is 6. The molecule has 250 valence electrons. The van der Waals surface area contributed by atoms with E-state index in [0.29, 0.717) is 16.0 Å². The lowest BCUT2D eigenvalue weighted by Gasteiger charge is -2.36. The van der Waals surface area contributed by atoms with E-state index >= 15 is 0 Å². The Labute approximate surface area is 283 Å². The first-order chi connectivity index (χ1) is 21.9. The standard InChI is InChI=1S/C27H20Cl3F5N4O4S.C2H3N/c28-15-3-1-4-16(29)22(15)44-19-9-20(27(30,34)35)36-23(41)21(19)24(42)38-10-13-7-17(18(40)8-14(13)11-38)39-6-2-5-37(25(39)43)12-26(31,32)33;1-2-3/h1,3-4,7-9,40H,2,5-6,10-12H2,(H,36,41);1H3. The van der Waals surface area contributed by atoms with Crippen molar-refractivity contribution in [1.82, 2.24) is 14.8 Å². The molecule has 47 heavy (non-hydrogen) atoms. The van der Waals surface area contributed by atoms with Crippen LogP contribution in [0.2, 0.25) is 10.0 Å². The highest BCUT2D eigenvalue weighted by Gasteiger charge is 2.39. The molecule has 0 atom stereocenters. The normalized spacial score (nSPS) is 14.8. The van der Waals surface area contributed by atoms with E-state index in [2.05, 4.69) is 0 Å². The van der Waals surface area contributed by atoms with Gasteiger partial charge in [0.05, 0.1) is 21.8 Å². The van der Waals surface area contributed by atoms with Gasteiger partial charge in [-0.2, -0.15) is 27.2 Å². The number of anilines is 1. The molecule has 1 fully saturated rings. The molecule has 2 aliphatic heterocycles. The van der Waals surface area contributed by atoms with Crippen LogP contribution in [0.25, 0.3) is 0 Å². The smallest absolute Gasteiger partial charge is 0.406 e. The van der Waals surface area contributed by atoms with E-state index in [-0.39, 0.29) is 58.1 Å². The zero-order valence-corrected chi connectivity index (χ0v) is 27.2. The zero-order chi connectivity index (χ0) is 34.8. The molecule has 0 radical (unpaired) electrons. The number of halogens is 8. The third-order valence-corrected chi connectivity index (χ3v) is 9.17. The predicted molar refractivity (Wildman–Crippen MR) is 165 cm³/mol. The van der Waals surface area contributed by atoms with Crippen molar-refractivity contribution in [2.75, 3.05) is 24.5 Å². The Balaban J connectivity index is 0.00000160. The molecule has 0 unspecified atom stereocenters. The molecule has 3 heterocycles. The number of rotatable bonds is 6. The van der Waals surface area contributed by atoms with E-state index in [9.17, 15) is 41.4 Å². The van der Waals surface area contributed by atoms with Crippen LogP contribution in [-0.4, -0.2) is 57.6 Å². The van der Waals surface area contributed by atoms with Crippen molar-refractivity contribution in [2.45, 2.75) is 47.8 Å². The summed E-state index contributed by atoms with van der Waals surface area (Å²) in [6, 6.07) is 8.87. The van der Waals surface area contributed by atoms with Crippen molar-refractivity contribution < 1.29 is 36.6 Å². The second-order valence-corrected chi connectivity index (χ2v) is 12.6. The molecule has 5 rings (SSSR count). The average Bonchev–Trinajstić information content (AvgIpc) is 3.37. The summed E-state index contributed by atoms with van der Waals surface area (Å²) in [6.07, 6.45) is -4.39. The first-order valence-electron chi connectivity index (χ1n) is 13.5. The average molecular weight is 739 g/mol. The molecule has 2 aliphatic rings. The molecule has 0 spiro atoms. The third kappa shape index (κ3) is 8.24. The number of aromatic nitrogens is 1. The SMILES string of the molecule is CC#N.O=C(c1c(Sc2c(Cl)cccc2Cl)cc(C(F)(F)Cl)[nH]c1=O)N1Cc2cc(O)c(N3CCCN(CC(F)(F)F)C3=O)cc2C1. The van der Waals surface area contributed by atoms with Crippen LogP contribution in [0, 0.1) is 11.3 Å². The fraction of sp³-hybridized carbons (Fsp3) is 0.310. The van der Waals surface area contributed by atoms with Crippen molar-refractivity contribution in [3.05, 3.63) is 79.2 Å². The number of aromatic hydroxyl groups is 1. The van der Waals surface area contributed by atoms with Gasteiger partial charge in [0, 0.05) is 42.9 Å². The second kappa shape index (κ2) is 14.2. The van der Waals surface area contributed by atoms with Crippen LogP contribution in [0.3, 0.4) is 0 Å². The van der Waals surface area contributed by atoms with Gasteiger partial charge in [0.2, 0.25) is 0 Å². The van der Waals surface area contributed by atoms with Gasteiger partial charge in [-0.1, -0.05) is 41.0 Å². The summed E-state index contributed by atoms with van der Waals surface area (Å²) in [7, 11) is 0. The summed E-state index contributed by atoms with van der Waals surface area (Å²) in [5, 5.41) is 14.3. The van der Waals surface area contributed by atoms with E-state index in [4.69, 9.17) is 40.1 Å². The van der Waals surface area contributed by atoms with E-state index in [1.807, 2.05) is 4.98 Å². The molecule has 0 saturated carbocycles. The number of H-pyrrole nitrogens is 1. The van der Waals surface area contributed by atoms with Gasteiger partial charge >= 0.3 is 17.6 Å². The summed E-state index contributed by atoms with van der Waals surface area (Å²) in [4.78, 5) is 44.5. The van der Waals surface area contributed by atoms with E-state index in [0.717, 1.165) is 22.7 Å². The summed E-state index contributed by atoms with van der Waals surface area (Å²) in [5.74, 6) is -1.25. The maximum Gasteiger partial charge on any atom is 0.406 e. The van der Waals surface area contributed by atoms with Crippen molar-refractivity contribution in [1.29, 1.82) is 5.26 Å². The molecule has 9 nitrogen and oxygen atoms in total. The van der Waals surface area contributed by atoms with Crippen LogP contribution in [0.1, 0.15) is 40.5 Å². The minimum atomic E-state index is -4.61. The zero-order valence-electron chi connectivity index (χ0n) is 24.1. The number of nitrogens with zero attached hydrogens (tertiary/aromatic N) is 4. The molecule has 3 aromatic rings. The molecule has 0 aliphatic carbocycles. The number of hydrogen-bond donors (Lipinski definition) is 2. The van der Waals surface area contributed by atoms with Crippen LogP contribution >= 0.6 is 46.6 Å². The maximum atomic E-state index is 14.0. The summed E-state index contributed by atoms with van der Waals surface area (Å²) in [6.45, 7) is -0.301. The van der Waals surface area contributed by atoms with Crippen LogP contribution in [0.5, 0.6) is 5.75 Å². The van der Waals surface area contributed by atoms with Gasteiger partial charge in [0.1, 0.15) is 23.6 Å². The molecule has 18 heteroatoms. The molecule has 2 N–H and O–H groups in total. The predicted octanol–water partition coefficient (Wildman–Crippen LogP) is 7.71. The number of nitriles is 1. The lowest BCUT2D eigenvalue weighted by molar-refractivity contribution is -0.140. The number of carbonyl (C=O) groups is 2. The fourth-order valence-corrected chi connectivity index (χ4v) is 6.71. The Bertz CT molecular complexity index is 1790. The number of urea groups is 1. The Kier molecular flexibility index (Phi) is 10.9. The monoisotopic (exact) mass is 737 g/mol. The van der Waals surface area contributed by atoms with Gasteiger partial charge in [0.15, 0.2) is 0 Å². The Morgan fingerprint density at radius 3 is 2.23 bits per heavy atom. The number of hydrogen-bond acceptors (Lipinski definition) is 6. The number of amides is 3. The third-order valence-electron chi connectivity index (χ3n) is 6.93. The highest BCUT2D eigenvalue weighted by molar-refractivity contribution is 7.99. The molecule has 1 aromatic heterocycles. The van der Waals surface area contributed by atoms with Crippen molar-refractivity contribution in [3.63, 3.8) is 0 Å². The Morgan fingerprint density at radius 2 is 1.66 bits per heavy atom. The van der Waals surface area contributed by atoms with Crippen molar-refractivity contribution in [2.24, 2.45) is 0 Å². The van der Waals surface area contributed by atoms with Gasteiger partial charge in [-0.3, -0.25) is 14.5 Å². The van der Waals surface area contributed by atoms with Crippen molar-refractivity contribution in [3.8, 4) is 11.8 Å². The lowest BCUT2D eigenvalue weighted by atomic mass is 10.1.